The SMILES string of the molecule is CCSC[n+]1ccn(CCCC#N)c1C. The Kier molecular flexibility index (Phi) is 5.27. The van der Waals surface area contributed by atoms with E-state index >= 15 is 0 Å². The zero-order valence-electron chi connectivity index (χ0n) is 9.44. The zero-order valence-corrected chi connectivity index (χ0v) is 10.3. The Morgan fingerprint density at radius 2 is 2.40 bits per heavy atom. The van der Waals surface area contributed by atoms with Crippen LogP contribution in [-0.2, 0) is 12.4 Å². The van der Waals surface area contributed by atoms with Gasteiger partial charge in [0.1, 0.15) is 18.3 Å². The van der Waals surface area contributed by atoms with E-state index in [1.807, 2.05) is 11.8 Å². The van der Waals surface area contributed by atoms with Crippen molar-refractivity contribution >= 4 is 11.8 Å². The summed E-state index contributed by atoms with van der Waals surface area (Å²) in [5.41, 5.74) is 0. The van der Waals surface area contributed by atoms with Crippen LogP contribution in [0.15, 0.2) is 12.4 Å². The summed E-state index contributed by atoms with van der Waals surface area (Å²) in [5.74, 6) is 3.44. The minimum Gasteiger partial charge on any atom is -0.234 e. The van der Waals surface area contributed by atoms with Crippen LogP contribution < -0.4 is 4.57 Å². The van der Waals surface area contributed by atoms with E-state index in [2.05, 4.69) is 41.4 Å². The highest BCUT2D eigenvalue weighted by molar-refractivity contribution is 7.98. The Bertz CT molecular complexity index is 338. The topological polar surface area (TPSA) is 32.6 Å². The van der Waals surface area contributed by atoms with Crippen molar-refractivity contribution < 1.29 is 4.57 Å². The molecule has 0 aliphatic heterocycles. The number of hydrogen-bond acceptors (Lipinski definition) is 2. The third kappa shape index (κ3) is 3.60. The second-order valence-electron chi connectivity index (χ2n) is 3.39. The van der Waals surface area contributed by atoms with Gasteiger partial charge in [0.25, 0.3) is 5.82 Å². The van der Waals surface area contributed by atoms with Crippen molar-refractivity contribution in [3.63, 3.8) is 0 Å². The minimum absolute atomic E-state index is 0.640. The molecule has 0 bridgehead atoms. The third-order valence-electron chi connectivity index (χ3n) is 2.38. The molecule has 4 heteroatoms. The largest absolute Gasteiger partial charge is 0.253 e. The second-order valence-corrected chi connectivity index (χ2v) is 4.64. The maximum atomic E-state index is 8.47. The standard InChI is InChI=1S/C11H18N3S/c1-3-15-10-14-9-8-13(11(14)2)7-5-4-6-12/h8-9H,3-5,7,10H2,1-2H3/q+1. The molecule has 1 aromatic heterocycles. The highest BCUT2D eigenvalue weighted by Gasteiger charge is 2.10. The average molecular weight is 224 g/mol. The van der Waals surface area contributed by atoms with Crippen LogP contribution in [0.2, 0.25) is 0 Å². The molecule has 0 unspecified atom stereocenters. The predicted molar refractivity (Wildman–Crippen MR) is 62.3 cm³/mol. The maximum Gasteiger partial charge on any atom is 0.253 e. The van der Waals surface area contributed by atoms with Gasteiger partial charge in [0.05, 0.1) is 12.6 Å². The molecule has 0 amide bonds. The average Bonchev–Trinajstić information content (AvgIpc) is 2.58. The summed E-state index contributed by atoms with van der Waals surface area (Å²) in [6.45, 7) is 5.25. The number of aromatic nitrogens is 2. The van der Waals surface area contributed by atoms with Gasteiger partial charge in [0, 0.05) is 13.3 Å². The Labute approximate surface area is 95.7 Å². The molecule has 0 saturated carbocycles. The van der Waals surface area contributed by atoms with Crippen LogP contribution in [0.25, 0.3) is 0 Å². The highest BCUT2D eigenvalue weighted by Crippen LogP contribution is 2.02. The number of rotatable bonds is 6. The monoisotopic (exact) mass is 224 g/mol. The first kappa shape index (κ1) is 12.1. The van der Waals surface area contributed by atoms with E-state index in [1.54, 1.807) is 0 Å². The Morgan fingerprint density at radius 3 is 3.07 bits per heavy atom. The zero-order chi connectivity index (χ0) is 11.1. The van der Waals surface area contributed by atoms with E-state index in [0.29, 0.717) is 6.42 Å². The van der Waals surface area contributed by atoms with E-state index in [-0.39, 0.29) is 0 Å². The van der Waals surface area contributed by atoms with Gasteiger partial charge in [-0.25, -0.2) is 9.13 Å². The summed E-state index contributed by atoms with van der Waals surface area (Å²) in [6, 6.07) is 2.17. The quantitative estimate of drug-likeness (QED) is 0.547. The first-order valence-corrected chi connectivity index (χ1v) is 6.45. The van der Waals surface area contributed by atoms with Crippen molar-refractivity contribution in [1.82, 2.24) is 4.57 Å². The van der Waals surface area contributed by atoms with Gasteiger partial charge in [-0.1, -0.05) is 6.92 Å². The lowest BCUT2D eigenvalue weighted by atomic mass is 10.3. The molecule has 82 valence electrons. The maximum absolute atomic E-state index is 8.47. The molecular weight excluding hydrogens is 206 g/mol. The van der Waals surface area contributed by atoms with Gasteiger partial charge in [-0.3, -0.25) is 0 Å². The van der Waals surface area contributed by atoms with Gasteiger partial charge in [-0.2, -0.15) is 5.26 Å². The van der Waals surface area contributed by atoms with Crippen LogP contribution in [-0.4, -0.2) is 10.3 Å². The third-order valence-corrected chi connectivity index (χ3v) is 3.25. The van der Waals surface area contributed by atoms with Gasteiger partial charge in [-0.05, 0) is 12.2 Å². The van der Waals surface area contributed by atoms with Gasteiger partial charge < -0.3 is 0 Å². The van der Waals surface area contributed by atoms with Gasteiger partial charge in [0.2, 0.25) is 0 Å². The lowest BCUT2D eigenvalue weighted by Crippen LogP contribution is -2.34. The summed E-state index contributed by atoms with van der Waals surface area (Å²) in [4.78, 5) is 0. The van der Waals surface area contributed by atoms with E-state index in [1.165, 1.54) is 5.82 Å². The van der Waals surface area contributed by atoms with Crippen molar-refractivity contribution in [2.24, 2.45) is 0 Å². The van der Waals surface area contributed by atoms with Crippen LogP contribution in [0, 0.1) is 18.3 Å². The summed E-state index contributed by atoms with van der Waals surface area (Å²) in [6.07, 6.45) is 5.79. The molecule has 3 nitrogen and oxygen atoms in total. The Hall–Kier alpha value is -0.950. The van der Waals surface area contributed by atoms with Crippen LogP contribution in [0.3, 0.4) is 0 Å². The van der Waals surface area contributed by atoms with E-state index in [4.69, 9.17) is 5.26 Å². The Morgan fingerprint density at radius 1 is 1.60 bits per heavy atom. The van der Waals surface area contributed by atoms with Crippen molar-refractivity contribution in [2.45, 2.75) is 39.1 Å². The molecule has 1 heterocycles. The lowest BCUT2D eigenvalue weighted by Gasteiger charge is -1.99. The van der Waals surface area contributed by atoms with Crippen molar-refractivity contribution in [2.75, 3.05) is 5.75 Å². The number of nitriles is 1. The number of unbranched alkanes of at least 4 members (excludes halogenated alkanes) is 1. The van der Waals surface area contributed by atoms with Crippen molar-refractivity contribution in [3.05, 3.63) is 18.2 Å². The summed E-state index contributed by atoms with van der Waals surface area (Å²) in [7, 11) is 0. The smallest absolute Gasteiger partial charge is 0.234 e. The van der Waals surface area contributed by atoms with Crippen molar-refractivity contribution in [1.29, 1.82) is 5.26 Å². The molecule has 0 aromatic carbocycles. The fourth-order valence-corrected chi connectivity index (χ4v) is 2.08. The molecule has 0 fully saturated rings. The molecule has 0 aliphatic carbocycles. The molecule has 0 saturated heterocycles. The molecule has 1 aromatic rings. The minimum atomic E-state index is 0.640. The molecule has 15 heavy (non-hydrogen) atoms. The lowest BCUT2D eigenvalue weighted by molar-refractivity contribution is -0.681. The summed E-state index contributed by atoms with van der Waals surface area (Å²) >= 11 is 1.91. The number of hydrogen-bond donors (Lipinski definition) is 0. The number of imidazole rings is 1. The molecule has 0 spiro atoms. The van der Waals surface area contributed by atoms with Gasteiger partial charge >= 0.3 is 0 Å². The Balaban J connectivity index is 2.51. The predicted octanol–water partition coefficient (Wildman–Crippen LogP) is 2.10. The van der Waals surface area contributed by atoms with Crippen LogP contribution in [0.4, 0.5) is 0 Å². The molecule has 0 aliphatic rings. The second kappa shape index (κ2) is 6.52. The fraction of sp³-hybridized carbons (Fsp3) is 0.636. The van der Waals surface area contributed by atoms with E-state index in [0.717, 1.165) is 24.6 Å². The van der Waals surface area contributed by atoms with E-state index < -0.39 is 0 Å². The normalized spacial score (nSPS) is 10.2. The van der Waals surface area contributed by atoms with Gasteiger partial charge in [0.15, 0.2) is 0 Å². The highest BCUT2D eigenvalue weighted by atomic mass is 32.2. The molecular formula is C11H18N3S+. The molecule has 0 radical (unpaired) electrons. The van der Waals surface area contributed by atoms with Crippen LogP contribution >= 0.6 is 11.8 Å². The van der Waals surface area contributed by atoms with Crippen molar-refractivity contribution in [3.8, 4) is 6.07 Å². The van der Waals surface area contributed by atoms with E-state index in [9.17, 15) is 0 Å². The summed E-state index contributed by atoms with van der Waals surface area (Å²) < 4.78 is 4.47. The molecule has 0 N–H and O–H groups in total. The molecule has 0 atom stereocenters. The van der Waals surface area contributed by atoms with Crippen LogP contribution in [0.5, 0.6) is 0 Å². The molecule has 1 rings (SSSR count). The number of nitrogens with zero attached hydrogens (tertiary/aromatic N) is 3. The summed E-state index contributed by atoms with van der Waals surface area (Å²) in [5, 5.41) is 8.47. The number of aryl methyl sites for hydroxylation is 1. The number of thioether (sulfide) groups is 1. The fourth-order valence-electron chi connectivity index (χ4n) is 1.43. The van der Waals surface area contributed by atoms with Crippen LogP contribution in [0.1, 0.15) is 25.6 Å². The first-order chi connectivity index (χ1) is 7.29. The van der Waals surface area contributed by atoms with Gasteiger partial charge in [-0.15, -0.1) is 11.8 Å². The first-order valence-electron chi connectivity index (χ1n) is 5.29.